The van der Waals surface area contributed by atoms with Crippen molar-refractivity contribution in [1.29, 1.82) is 0 Å². The maximum atomic E-state index is 11.9. The lowest BCUT2D eigenvalue weighted by atomic mass is 10.1. The summed E-state index contributed by atoms with van der Waals surface area (Å²) >= 11 is 0. The van der Waals surface area contributed by atoms with Gasteiger partial charge in [-0.3, -0.25) is 9.59 Å². The van der Waals surface area contributed by atoms with Crippen LogP contribution < -0.4 is 10.7 Å². The number of aromatic hydroxyl groups is 1. The molecule has 0 heterocycles. The Balaban J connectivity index is 1.60. The predicted octanol–water partition coefficient (Wildman–Crippen LogP) is 3.22. The van der Waals surface area contributed by atoms with E-state index >= 15 is 0 Å². The van der Waals surface area contributed by atoms with Gasteiger partial charge in [-0.05, 0) is 44.0 Å². The fourth-order valence-electron chi connectivity index (χ4n) is 2.52. The van der Waals surface area contributed by atoms with E-state index in [1.807, 2.05) is 18.2 Å². The highest BCUT2D eigenvalue weighted by Crippen LogP contribution is 2.16. The van der Waals surface area contributed by atoms with Crippen LogP contribution in [-0.2, 0) is 4.79 Å². The van der Waals surface area contributed by atoms with Crippen LogP contribution in [0.3, 0.4) is 0 Å². The minimum Gasteiger partial charge on any atom is -0.507 e. The number of nitrogens with zero attached hydrogens (tertiary/aromatic N) is 1. The summed E-state index contributed by atoms with van der Waals surface area (Å²) < 4.78 is 0. The number of amides is 2. The number of rotatable bonds is 9. The average Bonchev–Trinajstić information content (AvgIpc) is 2.69. The number of hydrazone groups is 1. The number of hydrogen-bond acceptors (Lipinski definition) is 4. The third-order valence-electron chi connectivity index (χ3n) is 4.04. The molecule has 0 radical (unpaired) electrons. The highest BCUT2D eigenvalue weighted by molar-refractivity contribution is 6.01. The van der Waals surface area contributed by atoms with Crippen molar-refractivity contribution in [3.8, 4) is 5.75 Å². The van der Waals surface area contributed by atoms with Gasteiger partial charge in [-0.1, -0.05) is 36.8 Å². The lowest BCUT2D eigenvalue weighted by Gasteiger charge is -2.06. The van der Waals surface area contributed by atoms with E-state index in [2.05, 4.69) is 15.8 Å². The molecule has 2 amide bonds. The third-order valence-corrected chi connectivity index (χ3v) is 4.04. The van der Waals surface area contributed by atoms with Crippen molar-refractivity contribution < 1.29 is 14.7 Å². The number of carbonyl (C=O) groups excluding carboxylic acids is 2. The van der Waals surface area contributed by atoms with Crippen LogP contribution in [-0.4, -0.2) is 29.2 Å². The molecule has 2 rings (SSSR count). The van der Waals surface area contributed by atoms with Gasteiger partial charge in [0, 0.05) is 24.1 Å². The molecule has 0 aromatic heterocycles. The first-order valence-corrected chi connectivity index (χ1v) is 9.02. The Hall–Kier alpha value is -3.15. The summed E-state index contributed by atoms with van der Waals surface area (Å²) in [6, 6.07) is 15.9. The maximum absolute atomic E-state index is 11.9. The summed E-state index contributed by atoms with van der Waals surface area (Å²) in [5, 5.41) is 16.7. The molecule has 0 saturated carbocycles. The second-order valence-corrected chi connectivity index (χ2v) is 6.18. The molecule has 0 aliphatic rings. The van der Waals surface area contributed by atoms with Crippen molar-refractivity contribution in [3.63, 3.8) is 0 Å². The highest BCUT2D eigenvalue weighted by atomic mass is 16.3. The van der Waals surface area contributed by atoms with Gasteiger partial charge in [0.05, 0.1) is 5.71 Å². The molecule has 2 aromatic carbocycles. The molecule has 0 spiro atoms. The predicted molar refractivity (Wildman–Crippen MR) is 106 cm³/mol. The SMILES string of the molecule is C/C(=N/NC(=O)CCCCCNC(=O)c1ccccc1)c1ccccc1O. The topological polar surface area (TPSA) is 90.8 Å². The van der Waals surface area contributed by atoms with Gasteiger partial charge >= 0.3 is 0 Å². The van der Waals surface area contributed by atoms with E-state index in [-0.39, 0.29) is 17.6 Å². The van der Waals surface area contributed by atoms with E-state index in [1.165, 1.54) is 0 Å². The molecule has 0 atom stereocenters. The summed E-state index contributed by atoms with van der Waals surface area (Å²) in [4.78, 5) is 23.7. The first-order chi connectivity index (χ1) is 13.1. The van der Waals surface area contributed by atoms with Crippen LogP contribution in [0.2, 0.25) is 0 Å². The number of nitrogens with one attached hydrogen (secondary N) is 2. The van der Waals surface area contributed by atoms with Crippen LogP contribution in [0.4, 0.5) is 0 Å². The van der Waals surface area contributed by atoms with E-state index < -0.39 is 0 Å². The molecule has 0 saturated heterocycles. The first kappa shape index (κ1) is 20.2. The number of hydrogen-bond donors (Lipinski definition) is 3. The quantitative estimate of drug-likeness (QED) is 0.361. The minimum atomic E-state index is -0.168. The van der Waals surface area contributed by atoms with E-state index in [0.29, 0.717) is 29.8 Å². The Bertz CT molecular complexity index is 788. The molecule has 0 aliphatic heterocycles. The molecule has 6 nitrogen and oxygen atoms in total. The van der Waals surface area contributed by atoms with Gasteiger partial charge in [-0.15, -0.1) is 0 Å². The van der Waals surface area contributed by atoms with Gasteiger partial charge in [0.2, 0.25) is 5.91 Å². The summed E-state index contributed by atoms with van der Waals surface area (Å²) in [7, 11) is 0. The fourth-order valence-corrected chi connectivity index (χ4v) is 2.52. The van der Waals surface area contributed by atoms with Crippen molar-refractivity contribution in [1.82, 2.24) is 10.7 Å². The van der Waals surface area contributed by atoms with Gasteiger partial charge in [0.25, 0.3) is 5.91 Å². The molecule has 2 aromatic rings. The van der Waals surface area contributed by atoms with Gasteiger partial charge in [0.15, 0.2) is 0 Å². The van der Waals surface area contributed by atoms with E-state index in [9.17, 15) is 14.7 Å². The number of carbonyl (C=O) groups is 2. The van der Waals surface area contributed by atoms with Crippen molar-refractivity contribution >= 4 is 17.5 Å². The first-order valence-electron chi connectivity index (χ1n) is 9.02. The minimum absolute atomic E-state index is 0.0812. The van der Waals surface area contributed by atoms with Crippen LogP contribution >= 0.6 is 0 Å². The molecule has 0 aliphatic carbocycles. The lowest BCUT2D eigenvalue weighted by Crippen LogP contribution is -2.24. The third kappa shape index (κ3) is 6.93. The van der Waals surface area contributed by atoms with Crippen LogP contribution in [0, 0.1) is 0 Å². The van der Waals surface area contributed by atoms with Crippen molar-refractivity contribution in [2.75, 3.05) is 6.54 Å². The zero-order valence-corrected chi connectivity index (χ0v) is 15.4. The standard InChI is InChI=1S/C21H25N3O3/c1-16(18-12-7-8-13-19(18)25)23-24-20(26)14-6-3-9-15-22-21(27)17-10-4-2-5-11-17/h2,4-5,7-8,10-13,25H,3,6,9,14-15H2,1H3,(H,22,27)(H,24,26)/b23-16-. The monoisotopic (exact) mass is 367 g/mol. The number of phenols is 1. The second kappa shape index (κ2) is 10.8. The number of para-hydroxylation sites is 1. The van der Waals surface area contributed by atoms with Crippen molar-refractivity contribution in [2.45, 2.75) is 32.6 Å². The highest BCUT2D eigenvalue weighted by Gasteiger charge is 2.06. The summed E-state index contributed by atoms with van der Waals surface area (Å²) in [6.07, 6.45) is 2.74. The summed E-state index contributed by atoms with van der Waals surface area (Å²) in [5.74, 6) is -0.119. The zero-order chi connectivity index (χ0) is 19.5. The molecule has 142 valence electrons. The van der Waals surface area contributed by atoms with E-state index in [0.717, 1.165) is 19.3 Å². The molecule has 0 fully saturated rings. The largest absolute Gasteiger partial charge is 0.507 e. The Labute approximate surface area is 159 Å². The van der Waals surface area contributed by atoms with E-state index in [4.69, 9.17) is 0 Å². The molecular weight excluding hydrogens is 342 g/mol. The lowest BCUT2D eigenvalue weighted by molar-refractivity contribution is -0.121. The Morgan fingerprint density at radius 2 is 1.67 bits per heavy atom. The summed E-state index contributed by atoms with van der Waals surface area (Å²) in [6.45, 7) is 2.31. The Kier molecular flexibility index (Phi) is 8.03. The van der Waals surface area contributed by atoms with Crippen molar-refractivity contribution in [3.05, 3.63) is 65.7 Å². The van der Waals surface area contributed by atoms with Gasteiger partial charge in [0.1, 0.15) is 5.75 Å². The number of phenolic OH excluding ortho intramolecular Hbond substituents is 1. The number of unbranched alkanes of at least 4 members (excludes halogenated alkanes) is 2. The zero-order valence-electron chi connectivity index (χ0n) is 15.4. The fraction of sp³-hybridized carbons (Fsp3) is 0.286. The van der Waals surface area contributed by atoms with Gasteiger partial charge in [-0.2, -0.15) is 5.10 Å². The van der Waals surface area contributed by atoms with Gasteiger partial charge in [-0.25, -0.2) is 5.43 Å². The smallest absolute Gasteiger partial charge is 0.251 e. The van der Waals surface area contributed by atoms with Crippen LogP contribution in [0.25, 0.3) is 0 Å². The maximum Gasteiger partial charge on any atom is 0.251 e. The van der Waals surface area contributed by atoms with Crippen LogP contribution in [0.15, 0.2) is 59.7 Å². The molecule has 3 N–H and O–H groups in total. The van der Waals surface area contributed by atoms with Gasteiger partial charge < -0.3 is 10.4 Å². The normalized spacial score (nSPS) is 11.1. The molecule has 6 heteroatoms. The summed E-state index contributed by atoms with van der Waals surface area (Å²) in [5.41, 5.74) is 4.29. The second-order valence-electron chi connectivity index (χ2n) is 6.18. The van der Waals surface area contributed by atoms with Crippen molar-refractivity contribution in [2.24, 2.45) is 5.10 Å². The van der Waals surface area contributed by atoms with Crippen LogP contribution in [0.1, 0.15) is 48.5 Å². The molecule has 0 unspecified atom stereocenters. The van der Waals surface area contributed by atoms with Crippen LogP contribution in [0.5, 0.6) is 5.75 Å². The molecule has 0 bridgehead atoms. The number of benzene rings is 2. The average molecular weight is 367 g/mol. The van der Waals surface area contributed by atoms with E-state index in [1.54, 1.807) is 43.3 Å². The Morgan fingerprint density at radius 1 is 0.963 bits per heavy atom. The molecule has 27 heavy (non-hydrogen) atoms. The Morgan fingerprint density at radius 3 is 2.41 bits per heavy atom. The molecular formula is C21H25N3O3.